The fourth-order valence-electron chi connectivity index (χ4n) is 3.41. The quantitative estimate of drug-likeness (QED) is 0.402. The minimum Gasteiger partial charge on any atom is -0.444 e. The second-order valence-electron chi connectivity index (χ2n) is 10.5. The van der Waals surface area contributed by atoms with Crippen LogP contribution in [0.4, 0.5) is 15.3 Å². The number of fused-ring (bicyclic) bond motifs is 1. The molecule has 0 aliphatic heterocycles. The second-order valence-corrected chi connectivity index (χ2v) is 12.6. The number of nitrogens with one attached hydrogen (secondary N) is 1. The Kier molecular flexibility index (Phi) is 8.27. The van der Waals surface area contributed by atoms with E-state index in [1.165, 1.54) is 28.9 Å². The number of hydrogen-bond donors (Lipinski definition) is 2. The van der Waals surface area contributed by atoms with Crippen molar-refractivity contribution in [2.75, 3.05) is 4.90 Å². The summed E-state index contributed by atoms with van der Waals surface area (Å²) in [6.45, 7) is 14.6. The summed E-state index contributed by atoms with van der Waals surface area (Å²) in [5.74, 6) is 0. The van der Waals surface area contributed by atoms with Gasteiger partial charge in [0.15, 0.2) is 0 Å². The van der Waals surface area contributed by atoms with Gasteiger partial charge in [0.05, 0.1) is 29.2 Å². The number of nitrogens with zero attached hydrogens (tertiary/aromatic N) is 3. The Hall–Kier alpha value is -2.76. The summed E-state index contributed by atoms with van der Waals surface area (Å²) in [5.41, 5.74) is 0.521. The number of aryl methyl sites for hydroxylation is 1. The molecule has 0 saturated heterocycles. The number of carbonyl (C=O) groups is 2. The van der Waals surface area contributed by atoms with Gasteiger partial charge in [0, 0.05) is 9.75 Å². The van der Waals surface area contributed by atoms with Crippen LogP contribution in [0.25, 0.3) is 10.2 Å². The molecule has 3 aromatic heterocycles. The number of thiophene rings is 2. The number of alkyl carbamates (subject to hydrolysis) is 1. The summed E-state index contributed by atoms with van der Waals surface area (Å²) in [5, 5.41) is 24.2. The third kappa shape index (κ3) is 6.92. The number of rotatable bonds is 6. The number of carbonyl (C=O) groups excluding carboxylic acids is 2. The fraction of sp³-hybridized carbons (Fsp3) is 0.520. The molecule has 9 nitrogen and oxygen atoms in total. The predicted molar refractivity (Wildman–Crippen MR) is 143 cm³/mol. The van der Waals surface area contributed by atoms with E-state index in [-0.39, 0.29) is 0 Å². The summed E-state index contributed by atoms with van der Waals surface area (Å²) >= 11 is 2.85. The zero-order valence-electron chi connectivity index (χ0n) is 21.9. The Labute approximate surface area is 219 Å². The van der Waals surface area contributed by atoms with Gasteiger partial charge in [0.1, 0.15) is 22.8 Å². The molecular formula is C25H34N4O5S2. The molecule has 196 valence electrons. The van der Waals surface area contributed by atoms with Gasteiger partial charge in [-0.05, 0) is 72.4 Å². The monoisotopic (exact) mass is 534 g/mol. The fourth-order valence-corrected chi connectivity index (χ4v) is 5.46. The molecule has 0 bridgehead atoms. The highest BCUT2D eigenvalue weighted by Gasteiger charge is 2.30. The van der Waals surface area contributed by atoms with E-state index in [4.69, 9.17) is 9.47 Å². The molecule has 2 atom stereocenters. The van der Waals surface area contributed by atoms with Crippen LogP contribution in [0, 0.1) is 6.92 Å². The first-order chi connectivity index (χ1) is 16.7. The first kappa shape index (κ1) is 27.8. The lowest BCUT2D eigenvalue weighted by molar-refractivity contribution is 0.0437. The molecular weight excluding hydrogens is 500 g/mol. The molecule has 36 heavy (non-hydrogen) atoms. The van der Waals surface area contributed by atoms with Crippen molar-refractivity contribution < 1.29 is 24.2 Å². The topological polar surface area (TPSA) is 114 Å². The normalized spacial score (nSPS) is 13.8. The van der Waals surface area contributed by atoms with Gasteiger partial charge in [0.2, 0.25) is 0 Å². The molecule has 0 fully saturated rings. The van der Waals surface area contributed by atoms with Crippen molar-refractivity contribution in [1.82, 2.24) is 15.5 Å². The van der Waals surface area contributed by atoms with Gasteiger partial charge in [0.25, 0.3) is 0 Å². The van der Waals surface area contributed by atoms with Crippen molar-refractivity contribution in [3.8, 4) is 0 Å². The highest BCUT2D eigenvalue weighted by molar-refractivity contribution is 7.20. The zero-order chi connectivity index (χ0) is 26.8. The van der Waals surface area contributed by atoms with Crippen molar-refractivity contribution in [2.24, 2.45) is 0 Å². The van der Waals surface area contributed by atoms with E-state index >= 15 is 0 Å². The van der Waals surface area contributed by atoms with E-state index in [0.717, 1.165) is 10.4 Å². The van der Waals surface area contributed by atoms with E-state index in [9.17, 15) is 14.7 Å². The number of anilines is 1. The molecule has 3 aromatic rings. The highest BCUT2D eigenvalue weighted by atomic mass is 32.1. The van der Waals surface area contributed by atoms with E-state index in [0.29, 0.717) is 27.3 Å². The number of aliphatic hydroxyl groups is 1. The molecule has 11 heteroatoms. The zero-order valence-corrected chi connectivity index (χ0v) is 23.5. The summed E-state index contributed by atoms with van der Waals surface area (Å²) in [6.07, 6.45) is -0.593. The smallest absolute Gasteiger partial charge is 0.415 e. The Bertz CT molecular complexity index is 1210. The predicted octanol–water partition coefficient (Wildman–Crippen LogP) is 5.95. The Morgan fingerprint density at radius 2 is 1.83 bits per heavy atom. The maximum Gasteiger partial charge on any atom is 0.415 e. The molecule has 0 spiro atoms. The molecule has 0 aliphatic rings. The van der Waals surface area contributed by atoms with Gasteiger partial charge in [-0.2, -0.15) is 5.10 Å². The van der Waals surface area contributed by atoms with Gasteiger partial charge in [-0.1, -0.05) is 6.07 Å². The maximum atomic E-state index is 13.3. The van der Waals surface area contributed by atoms with Crippen LogP contribution >= 0.6 is 22.7 Å². The van der Waals surface area contributed by atoms with Crippen LogP contribution < -0.4 is 10.2 Å². The van der Waals surface area contributed by atoms with Gasteiger partial charge >= 0.3 is 12.2 Å². The minimum absolute atomic E-state index is 0.304. The molecule has 2 amide bonds. The molecule has 3 heterocycles. The van der Waals surface area contributed by atoms with Gasteiger partial charge < -0.3 is 19.9 Å². The van der Waals surface area contributed by atoms with E-state index < -0.39 is 35.5 Å². The first-order valence-electron chi connectivity index (χ1n) is 11.6. The highest BCUT2D eigenvalue weighted by Crippen LogP contribution is 2.40. The summed E-state index contributed by atoms with van der Waals surface area (Å²) in [4.78, 5) is 28.6. The third-order valence-corrected chi connectivity index (χ3v) is 7.24. The van der Waals surface area contributed by atoms with Crippen LogP contribution in [-0.2, 0) is 16.0 Å². The molecule has 3 rings (SSSR count). The summed E-state index contributed by atoms with van der Waals surface area (Å²) < 4.78 is 11.7. The largest absolute Gasteiger partial charge is 0.444 e. The Morgan fingerprint density at radius 3 is 2.42 bits per heavy atom. The summed E-state index contributed by atoms with van der Waals surface area (Å²) in [6, 6.07) is 3.25. The number of ether oxygens (including phenoxy) is 2. The molecule has 0 unspecified atom stereocenters. The van der Waals surface area contributed by atoms with Crippen LogP contribution in [0.3, 0.4) is 0 Å². The third-order valence-electron chi connectivity index (χ3n) is 5.01. The second kappa shape index (κ2) is 10.7. The minimum atomic E-state index is -1.02. The lowest BCUT2D eigenvalue weighted by Gasteiger charge is -2.27. The van der Waals surface area contributed by atoms with E-state index in [1.54, 1.807) is 32.6 Å². The number of amides is 2. The van der Waals surface area contributed by atoms with Crippen molar-refractivity contribution >= 4 is 50.8 Å². The van der Waals surface area contributed by atoms with Crippen LogP contribution in [0.1, 0.15) is 69.9 Å². The summed E-state index contributed by atoms with van der Waals surface area (Å²) in [7, 11) is 0. The average Bonchev–Trinajstić information content (AvgIpc) is 3.36. The van der Waals surface area contributed by atoms with Crippen LogP contribution in [0.2, 0.25) is 0 Å². The first-order valence-corrected chi connectivity index (χ1v) is 13.3. The molecule has 0 aliphatic carbocycles. The number of hydrogen-bond acceptors (Lipinski definition) is 9. The molecule has 0 saturated carbocycles. The average molecular weight is 535 g/mol. The molecule has 0 radical (unpaired) electrons. The van der Waals surface area contributed by atoms with Crippen molar-refractivity contribution in [3.63, 3.8) is 0 Å². The standard InChI is InChI=1S/C25H34N4O5S2/c1-14-18-21(36-20(14)19(30)15(2)27-22(31)33-24(3,4)5)17(12-26-28-18)29(13-16-10-9-11-35-16)23(32)34-25(6,7)8/h9-12,15,19,30H,13H2,1-8H3,(H,27,31)/t15-,19-/m0/s1. The number of aliphatic hydroxyl groups excluding tert-OH is 1. The Balaban J connectivity index is 1.98. The lowest BCUT2D eigenvalue weighted by atomic mass is 10.1. The van der Waals surface area contributed by atoms with E-state index in [2.05, 4.69) is 15.5 Å². The SMILES string of the molecule is Cc1c([C@@H](O)[C@H](C)NC(=O)OC(C)(C)C)sc2c(N(Cc3cccs3)C(=O)OC(C)(C)C)cnnc12. The van der Waals surface area contributed by atoms with Crippen LogP contribution in [-0.4, -0.2) is 44.7 Å². The van der Waals surface area contributed by atoms with E-state index in [1.807, 2.05) is 45.2 Å². The van der Waals surface area contributed by atoms with Crippen LogP contribution in [0.5, 0.6) is 0 Å². The van der Waals surface area contributed by atoms with Gasteiger partial charge in [-0.25, -0.2) is 9.59 Å². The van der Waals surface area contributed by atoms with Gasteiger partial charge in [-0.3, -0.25) is 4.90 Å². The van der Waals surface area contributed by atoms with Gasteiger partial charge in [-0.15, -0.1) is 27.8 Å². The Morgan fingerprint density at radius 1 is 1.17 bits per heavy atom. The molecule has 0 aromatic carbocycles. The van der Waals surface area contributed by atoms with Crippen LogP contribution in [0.15, 0.2) is 23.7 Å². The van der Waals surface area contributed by atoms with Crippen molar-refractivity contribution in [3.05, 3.63) is 39.0 Å². The maximum absolute atomic E-state index is 13.3. The number of aromatic nitrogens is 2. The van der Waals surface area contributed by atoms with Crippen molar-refractivity contribution in [2.45, 2.75) is 85.3 Å². The van der Waals surface area contributed by atoms with Crippen molar-refractivity contribution in [1.29, 1.82) is 0 Å². The lowest BCUT2D eigenvalue weighted by Crippen LogP contribution is -2.40. The molecule has 2 N–H and O–H groups in total.